The van der Waals surface area contributed by atoms with E-state index in [-0.39, 0.29) is 11.9 Å². The SMILES string of the molecule is COCCN(C(=O)CN1CCCNCC1)C(C)COC. The molecule has 1 heterocycles. The molecule has 1 unspecified atom stereocenters. The van der Waals surface area contributed by atoms with Crippen LogP contribution in [0.1, 0.15) is 13.3 Å². The van der Waals surface area contributed by atoms with Crippen LogP contribution in [0.5, 0.6) is 0 Å². The maximum atomic E-state index is 12.5. The topological polar surface area (TPSA) is 54.0 Å². The van der Waals surface area contributed by atoms with Gasteiger partial charge in [0.15, 0.2) is 0 Å². The minimum atomic E-state index is 0.0766. The average Bonchev–Trinajstić information content (AvgIpc) is 2.68. The standard InChI is InChI=1S/C14H29N3O3/c1-13(12-20-3)17(9-10-19-2)14(18)11-16-7-4-5-15-6-8-16/h13,15H,4-12H2,1-3H3. The van der Waals surface area contributed by atoms with Crippen LogP contribution in [0.3, 0.4) is 0 Å². The molecule has 20 heavy (non-hydrogen) atoms. The lowest BCUT2D eigenvalue weighted by molar-refractivity contribution is -0.136. The Morgan fingerprint density at radius 1 is 1.30 bits per heavy atom. The van der Waals surface area contributed by atoms with E-state index in [4.69, 9.17) is 9.47 Å². The average molecular weight is 287 g/mol. The molecule has 1 saturated heterocycles. The van der Waals surface area contributed by atoms with Crippen molar-refractivity contribution >= 4 is 5.91 Å². The van der Waals surface area contributed by atoms with Gasteiger partial charge in [0.25, 0.3) is 0 Å². The summed E-state index contributed by atoms with van der Waals surface area (Å²) in [6.07, 6.45) is 1.10. The Labute approximate surface area is 122 Å². The molecule has 6 nitrogen and oxygen atoms in total. The molecule has 1 N–H and O–H groups in total. The Balaban J connectivity index is 2.51. The first kappa shape index (κ1) is 17.4. The summed E-state index contributed by atoms with van der Waals surface area (Å²) in [6.45, 7) is 8.14. The molecule has 1 amide bonds. The lowest BCUT2D eigenvalue weighted by Gasteiger charge is -2.31. The third kappa shape index (κ3) is 6.17. The minimum Gasteiger partial charge on any atom is -0.383 e. The van der Waals surface area contributed by atoms with E-state index in [1.165, 1.54) is 0 Å². The first-order chi connectivity index (χ1) is 9.69. The van der Waals surface area contributed by atoms with Crippen molar-refractivity contribution in [3.05, 3.63) is 0 Å². The van der Waals surface area contributed by atoms with Crippen molar-refractivity contribution < 1.29 is 14.3 Å². The molecule has 1 aliphatic rings. The quantitative estimate of drug-likeness (QED) is 0.669. The predicted molar refractivity (Wildman–Crippen MR) is 78.9 cm³/mol. The summed E-state index contributed by atoms with van der Waals surface area (Å²) < 4.78 is 10.3. The summed E-state index contributed by atoms with van der Waals surface area (Å²) in [4.78, 5) is 16.6. The number of hydrogen-bond acceptors (Lipinski definition) is 5. The summed E-state index contributed by atoms with van der Waals surface area (Å²) in [6, 6.07) is 0.0766. The van der Waals surface area contributed by atoms with Crippen LogP contribution in [-0.2, 0) is 14.3 Å². The van der Waals surface area contributed by atoms with Gasteiger partial charge in [-0.25, -0.2) is 0 Å². The molecule has 0 aromatic rings. The van der Waals surface area contributed by atoms with E-state index in [1.807, 2.05) is 11.8 Å². The molecule has 0 radical (unpaired) electrons. The van der Waals surface area contributed by atoms with Crippen molar-refractivity contribution in [2.75, 3.05) is 66.7 Å². The van der Waals surface area contributed by atoms with Gasteiger partial charge < -0.3 is 19.7 Å². The number of methoxy groups -OCH3 is 2. The van der Waals surface area contributed by atoms with Gasteiger partial charge in [0.05, 0.1) is 25.8 Å². The lowest BCUT2D eigenvalue weighted by atomic mass is 10.2. The van der Waals surface area contributed by atoms with E-state index < -0.39 is 0 Å². The summed E-state index contributed by atoms with van der Waals surface area (Å²) in [5.41, 5.74) is 0. The van der Waals surface area contributed by atoms with Gasteiger partial charge in [-0.05, 0) is 26.4 Å². The minimum absolute atomic E-state index is 0.0766. The molecular formula is C14H29N3O3. The number of rotatable bonds is 8. The van der Waals surface area contributed by atoms with E-state index in [0.29, 0.717) is 26.3 Å². The number of nitrogens with one attached hydrogen (secondary N) is 1. The molecule has 0 aliphatic carbocycles. The number of hydrogen-bond donors (Lipinski definition) is 1. The van der Waals surface area contributed by atoms with Crippen molar-refractivity contribution in [3.8, 4) is 0 Å². The normalized spacial score (nSPS) is 18.6. The first-order valence-corrected chi connectivity index (χ1v) is 7.39. The maximum Gasteiger partial charge on any atom is 0.237 e. The van der Waals surface area contributed by atoms with Crippen molar-refractivity contribution in [3.63, 3.8) is 0 Å². The lowest BCUT2D eigenvalue weighted by Crippen LogP contribution is -2.48. The highest BCUT2D eigenvalue weighted by molar-refractivity contribution is 5.78. The molecule has 6 heteroatoms. The molecule has 1 rings (SSSR count). The van der Waals surface area contributed by atoms with Crippen molar-refractivity contribution in [1.29, 1.82) is 0 Å². The van der Waals surface area contributed by atoms with Gasteiger partial charge in [0, 0.05) is 33.9 Å². The highest BCUT2D eigenvalue weighted by Crippen LogP contribution is 2.04. The van der Waals surface area contributed by atoms with Gasteiger partial charge in [-0.2, -0.15) is 0 Å². The van der Waals surface area contributed by atoms with Crippen LogP contribution in [0.2, 0.25) is 0 Å². The van der Waals surface area contributed by atoms with E-state index >= 15 is 0 Å². The molecular weight excluding hydrogens is 258 g/mol. The van der Waals surface area contributed by atoms with Crippen LogP contribution < -0.4 is 5.32 Å². The van der Waals surface area contributed by atoms with Crippen LogP contribution >= 0.6 is 0 Å². The van der Waals surface area contributed by atoms with Gasteiger partial charge in [-0.1, -0.05) is 0 Å². The van der Waals surface area contributed by atoms with Crippen LogP contribution in [0.25, 0.3) is 0 Å². The van der Waals surface area contributed by atoms with Gasteiger partial charge in [-0.15, -0.1) is 0 Å². The summed E-state index contributed by atoms with van der Waals surface area (Å²) in [5, 5.41) is 3.35. The molecule has 1 atom stereocenters. The Morgan fingerprint density at radius 3 is 2.80 bits per heavy atom. The number of carbonyl (C=O) groups is 1. The summed E-state index contributed by atoms with van der Waals surface area (Å²) in [5.74, 6) is 0.161. The fourth-order valence-electron chi connectivity index (χ4n) is 2.45. The third-order valence-corrected chi connectivity index (χ3v) is 3.59. The molecule has 1 aliphatic heterocycles. The van der Waals surface area contributed by atoms with Crippen molar-refractivity contribution in [1.82, 2.24) is 15.1 Å². The highest BCUT2D eigenvalue weighted by atomic mass is 16.5. The Hall–Kier alpha value is -0.690. The summed E-state index contributed by atoms with van der Waals surface area (Å²) >= 11 is 0. The predicted octanol–water partition coefficient (Wildman–Crippen LogP) is -0.208. The summed E-state index contributed by atoms with van der Waals surface area (Å²) in [7, 11) is 3.32. The highest BCUT2D eigenvalue weighted by Gasteiger charge is 2.22. The van der Waals surface area contributed by atoms with Crippen molar-refractivity contribution in [2.24, 2.45) is 0 Å². The molecule has 1 fully saturated rings. The fourth-order valence-corrected chi connectivity index (χ4v) is 2.45. The van der Waals surface area contributed by atoms with E-state index in [1.54, 1.807) is 14.2 Å². The molecule has 0 aromatic carbocycles. The van der Waals surface area contributed by atoms with E-state index in [9.17, 15) is 4.79 Å². The second-order valence-corrected chi connectivity index (χ2v) is 5.26. The van der Waals surface area contributed by atoms with Crippen molar-refractivity contribution in [2.45, 2.75) is 19.4 Å². The number of nitrogens with zero attached hydrogens (tertiary/aromatic N) is 2. The zero-order chi connectivity index (χ0) is 14.8. The maximum absolute atomic E-state index is 12.5. The van der Waals surface area contributed by atoms with Crippen LogP contribution in [0.15, 0.2) is 0 Å². The van der Waals surface area contributed by atoms with E-state index in [0.717, 1.165) is 32.6 Å². The number of amides is 1. The Morgan fingerprint density at radius 2 is 2.10 bits per heavy atom. The van der Waals surface area contributed by atoms with Gasteiger partial charge >= 0.3 is 0 Å². The molecule has 0 spiro atoms. The first-order valence-electron chi connectivity index (χ1n) is 7.39. The smallest absolute Gasteiger partial charge is 0.237 e. The van der Waals surface area contributed by atoms with Crippen LogP contribution in [0.4, 0.5) is 0 Å². The zero-order valence-electron chi connectivity index (χ0n) is 13.1. The van der Waals surface area contributed by atoms with E-state index in [2.05, 4.69) is 10.2 Å². The molecule has 0 saturated carbocycles. The third-order valence-electron chi connectivity index (χ3n) is 3.59. The molecule has 0 bridgehead atoms. The second-order valence-electron chi connectivity index (χ2n) is 5.26. The fraction of sp³-hybridized carbons (Fsp3) is 0.929. The number of carbonyl (C=O) groups excluding carboxylic acids is 1. The van der Waals surface area contributed by atoms with Gasteiger partial charge in [0.1, 0.15) is 0 Å². The monoisotopic (exact) mass is 287 g/mol. The van der Waals surface area contributed by atoms with Crippen LogP contribution in [-0.4, -0.2) is 88.5 Å². The molecule has 0 aromatic heterocycles. The van der Waals surface area contributed by atoms with Gasteiger partial charge in [0.2, 0.25) is 5.91 Å². The Bertz CT molecular complexity index is 268. The largest absolute Gasteiger partial charge is 0.383 e. The second kappa shape index (κ2) is 10.1. The van der Waals surface area contributed by atoms with Gasteiger partial charge in [-0.3, -0.25) is 9.69 Å². The van der Waals surface area contributed by atoms with Crippen LogP contribution in [0, 0.1) is 0 Å². The number of ether oxygens (including phenoxy) is 2. The Kier molecular flexibility index (Phi) is 8.77. The molecule has 118 valence electrons. The zero-order valence-corrected chi connectivity index (χ0v) is 13.1.